The van der Waals surface area contributed by atoms with Gasteiger partial charge < -0.3 is 35.8 Å². The fourth-order valence-corrected chi connectivity index (χ4v) is 3.90. The number of carboxylic acids is 3. The highest BCUT2D eigenvalue weighted by molar-refractivity contribution is 6.33. The number of carbonyl (C=O) groups is 5. The van der Waals surface area contributed by atoms with Crippen LogP contribution in [0.5, 0.6) is 11.5 Å². The van der Waals surface area contributed by atoms with Crippen molar-refractivity contribution >= 4 is 35.4 Å². The zero-order chi connectivity index (χ0) is 35.3. The average molecular weight is 662 g/mol. The van der Waals surface area contributed by atoms with E-state index in [0.717, 1.165) is 11.1 Å². The summed E-state index contributed by atoms with van der Waals surface area (Å²) in [6, 6.07) is 18.0. The van der Waals surface area contributed by atoms with Crippen LogP contribution in [-0.4, -0.2) is 76.7 Å². The molecule has 1 atom stereocenters. The van der Waals surface area contributed by atoms with Crippen LogP contribution in [0.2, 0.25) is 0 Å². The van der Waals surface area contributed by atoms with E-state index in [4.69, 9.17) is 35.6 Å². The second-order valence-corrected chi connectivity index (χ2v) is 9.64. The monoisotopic (exact) mass is 661 g/mol. The number of amides is 1. The summed E-state index contributed by atoms with van der Waals surface area (Å²) in [5.74, 6) is -6.91. The number of hydrogen-bond donors (Lipinski definition) is 6. The highest BCUT2D eigenvalue weighted by Gasteiger charge is 2.38. The molecule has 7 N–H and O–H groups in total. The van der Waals surface area contributed by atoms with Gasteiger partial charge in [0.15, 0.2) is 0 Å². The van der Waals surface area contributed by atoms with Gasteiger partial charge in [0.2, 0.25) is 5.78 Å². The Bertz CT molecular complexity index is 1630. The number of rotatable bonds is 14. The van der Waals surface area contributed by atoms with E-state index in [9.17, 15) is 37.5 Å². The number of ether oxygens (including phenoxy) is 2. The molecule has 0 unspecified atom stereocenters. The number of halogens is 3. The fourth-order valence-electron chi connectivity index (χ4n) is 3.90. The van der Waals surface area contributed by atoms with E-state index in [1.807, 2.05) is 36.4 Å². The van der Waals surface area contributed by atoms with Gasteiger partial charge in [-0.15, -0.1) is 0 Å². The van der Waals surface area contributed by atoms with Crippen molar-refractivity contribution in [1.29, 1.82) is 5.41 Å². The van der Waals surface area contributed by atoms with E-state index < -0.39 is 48.2 Å². The molecule has 0 radical (unpaired) electrons. The zero-order valence-corrected chi connectivity index (χ0v) is 24.7. The molecule has 0 aliphatic carbocycles. The number of nitrogens with one attached hydrogen (secondary N) is 2. The van der Waals surface area contributed by atoms with E-state index in [0.29, 0.717) is 5.75 Å². The number of nitrogens with two attached hydrogens (primary N) is 1. The number of hydrogen-bond acceptors (Lipinski definition) is 8. The van der Waals surface area contributed by atoms with Gasteiger partial charge in [-0.2, -0.15) is 13.2 Å². The molecule has 0 aliphatic heterocycles. The van der Waals surface area contributed by atoms with Crippen LogP contribution < -0.4 is 20.5 Å². The van der Waals surface area contributed by atoms with Crippen LogP contribution in [0, 0.1) is 5.41 Å². The Kier molecular flexibility index (Phi) is 13.4. The minimum atomic E-state index is -5.08. The summed E-state index contributed by atoms with van der Waals surface area (Å²) in [7, 11) is 1.43. The van der Waals surface area contributed by atoms with Gasteiger partial charge in [0.05, 0.1) is 18.7 Å². The van der Waals surface area contributed by atoms with Crippen molar-refractivity contribution in [2.45, 2.75) is 31.5 Å². The van der Waals surface area contributed by atoms with Crippen LogP contribution >= 0.6 is 0 Å². The lowest BCUT2D eigenvalue weighted by molar-refractivity contribution is -0.192. The van der Waals surface area contributed by atoms with Crippen LogP contribution in [0.15, 0.2) is 66.7 Å². The Labute approximate surface area is 265 Å². The van der Waals surface area contributed by atoms with Gasteiger partial charge in [-0.25, -0.2) is 9.59 Å². The minimum Gasteiger partial charge on any atom is -0.496 e. The van der Waals surface area contributed by atoms with Gasteiger partial charge in [-0.3, -0.25) is 19.8 Å². The van der Waals surface area contributed by atoms with Crippen molar-refractivity contribution in [2.75, 3.05) is 13.7 Å². The maximum atomic E-state index is 13.4. The molecule has 0 aromatic heterocycles. The Morgan fingerprint density at radius 3 is 2.09 bits per heavy atom. The molecule has 47 heavy (non-hydrogen) atoms. The first-order chi connectivity index (χ1) is 22.0. The van der Waals surface area contributed by atoms with Crippen molar-refractivity contribution in [3.8, 4) is 22.6 Å². The van der Waals surface area contributed by atoms with Gasteiger partial charge in [0.1, 0.15) is 23.9 Å². The molecule has 250 valence electrons. The van der Waals surface area contributed by atoms with Gasteiger partial charge in [-0.1, -0.05) is 48.5 Å². The number of methoxy groups -OCH3 is 1. The average Bonchev–Trinajstić information content (AvgIpc) is 3.02. The highest BCUT2D eigenvalue weighted by Crippen LogP contribution is 2.27. The first-order valence-electron chi connectivity index (χ1n) is 13.5. The second-order valence-electron chi connectivity index (χ2n) is 9.64. The quantitative estimate of drug-likeness (QED) is 0.0832. The summed E-state index contributed by atoms with van der Waals surface area (Å²) in [6.45, 7) is -0.213. The lowest BCUT2D eigenvalue weighted by Gasteiger charge is -2.21. The Hall–Kier alpha value is -5.93. The Morgan fingerprint density at radius 1 is 0.915 bits per heavy atom. The third-order valence-corrected chi connectivity index (χ3v) is 6.24. The molecule has 0 heterocycles. The molecule has 0 fully saturated rings. The fraction of sp³-hybridized carbons (Fsp3) is 0.226. The normalized spacial score (nSPS) is 11.2. The largest absolute Gasteiger partial charge is 0.496 e. The summed E-state index contributed by atoms with van der Waals surface area (Å²) in [5.41, 5.74) is 7.97. The molecular weight excluding hydrogens is 631 g/mol. The molecule has 3 aromatic carbocycles. The van der Waals surface area contributed by atoms with E-state index in [2.05, 4.69) is 5.32 Å². The molecular formula is C31H30F3N3O10. The first kappa shape index (κ1) is 37.3. The minimum absolute atomic E-state index is 0.0115. The van der Waals surface area contributed by atoms with E-state index in [-0.39, 0.29) is 47.7 Å². The number of ketones is 1. The number of nitrogen functional groups attached to an aromatic ring is 1. The Balaban J connectivity index is 0.000000984. The standard InChI is InChI=1S/C29H29N3O8.C2HF3O2/c1-39-24-11-9-18(17-5-3-2-4-6-17)13-22(24)28(36)32-21(10-12-26(34)35)16-40-25-15-20(27(30)31)8-7-19(25)14-23(33)29(37)38;3-2(4,5)1(6)7/h2-9,11,13,15,21H,10,12,14,16H2,1H3,(H3,30,31)(H,32,36)(H,34,35)(H,37,38);(H,6,7)/t21-;/m1./s1. The molecule has 1 amide bonds. The van der Waals surface area contributed by atoms with Crippen molar-refractivity contribution in [3.05, 3.63) is 83.4 Å². The van der Waals surface area contributed by atoms with E-state index in [1.54, 1.807) is 12.1 Å². The molecule has 0 aliphatic rings. The Morgan fingerprint density at radius 2 is 1.55 bits per heavy atom. The topological polar surface area (TPSA) is 226 Å². The summed E-state index contributed by atoms with van der Waals surface area (Å²) in [4.78, 5) is 56.4. The van der Waals surface area contributed by atoms with E-state index in [1.165, 1.54) is 25.3 Å². The van der Waals surface area contributed by atoms with E-state index >= 15 is 0 Å². The van der Waals surface area contributed by atoms with Crippen LogP contribution in [0.3, 0.4) is 0 Å². The molecule has 16 heteroatoms. The summed E-state index contributed by atoms with van der Waals surface area (Å²) >= 11 is 0. The van der Waals surface area contributed by atoms with Crippen molar-refractivity contribution in [2.24, 2.45) is 5.73 Å². The van der Waals surface area contributed by atoms with Crippen LogP contribution in [0.4, 0.5) is 13.2 Å². The predicted molar refractivity (Wildman–Crippen MR) is 160 cm³/mol. The van der Waals surface area contributed by atoms with Crippen LogP contribution in [-0.2, 0) is 25.6 Å². The second kappa shape index (κ2) is 17.0. The predicted octanol–water partition coefficient (Wildman–Crippen LogP) is 3.52. The maximum Gasteiger partial charge on any atom is 0.490 e. The lowest BCUT2D eigenvalue weighted by Crippen LogP contribution is -2.39. The number of carbonyl (C=O) groups excluding carboxylic acids is 2. The van der Waals surface area contributed by atoms with Gasteiger partial charge in [-0.05, 0) is 35.7 Å². The number of amidine groups is 1. The molecule has 0 bridgehead atoms. The lowest BCUT2D eigenvalue weighted by atomic mass is 10.0. The van der Waals surface area contributed by atoms with Crippen molar-refractivity contribution in [1.82, 2.24) is 5.32 Å². The number of aliphatic carboxylic acids is 3. The third-order valence-electron chi connectivity index (χ3n) is 6.24. The number of benzene rings is 3. The third kappa shape index (κ3) is 11.8. The first-order valence-corrected chi connectivity index (χ1v) is 13.5. The molecule has 0 saturated heterocycles. The summed E-state index contributed by atoms with van der Waals surface area (Å²) < 4.78 is 43.0. The molecule has 3 rings (SSSR count). The molecule has 13 nitrogen and oxygen atoms in total. The maximum absolute atomic E-state index is 13.4. The van der Waals surface area contributed by atoms with Crippen LogP contribution in [0.1, 0.15) is 34.3 Å². The number of Topliss-reactive ketones (excluding diaryl/α,β-unsaturated/α-hetero) is 1. The smallest absolute Gasteiger partial charge is 0.490 e. The highest BCUT2D eigenvalue weighted by atomic mass is 19.4. The summed E-state index contributed by atoms with van der Waals surface area (Å²) in [6.07, 6.45) is -5.82. The molecule has 0 spiro atoms. The van der Waals surface area contributed by atoms with Crippen molar-refractivity contribution in [3.63, 3.8) is 0 Å². The van der Waals surface area contributed by atoms with Gasteiger partial charge in [0, 0.05) is 24.0 Å². The summed E-state index contributed by atoms with van der Waals surface area (Å²) in [5, 5.41) is 35.8. The van der Waals surface area contributed by atoms with Gasteiger partial charge in [0.25, 0.3) is 5.91 Å². The molecule has 0 saturated carbocycles. The van der Waals surface area contributed by atoms with Crippen LogP contribution in [0.25, 0.3) is 11.1 Å². The van der Waals surface area contributed by atoms with Crippen molar-refractivity contribution < 1.29 is 61.9 Å². The SMILES string of the molecule is COc1ccc(-c2ccccc2)cc1C(=O)N[C@H](CCC(=O)O)COc1cc(C(=N)N)ccc1CC(=O)C(=O)O.O=C(O)C(F)(F)F. The number of carboxylic acid groups (broad SMARTS) is 3. The number of alkyl halides is 3. The van der Waals surface area contributed by atoms with Gasteiger partial charge >= 0.3 is 24.1 Å². The zero-order valence-electron chi connectivity index (χ0n) is 24.7. The molecule has 3 aromatic rings.